The van der Waals surface area contributed by atoms with E-state index >= 15 is 0 Å². The predicted molar refractivity (Wildman–Crippen MR) is 106 cm³/mol. The minimum absolute atomic E-state index is 0.00123. The Balaban J connectivity index is 2.10. The summed E-state index contributed by atoms with van der Waals surface area (Å²) >= 11 is 7.56. The van der Waals surface area contributed by atoms with Crippen LogP contribution in [0.25, 0.3) is 0 Å². The summed E-state index contributed by atoms with van der Waals surface area (Å²) in [6.07, 6.45) is -3.42. The van der Waals surface area contributed by atoms with Crippen LogP contribution in [0.4, 0.5) is 13.2 Å². The molecule has 0 amide bonds. The van der Waals surface area contributed by atoms with Crippen LogP contribution in [-0.2, 0) is 9.72 Å². The van der Waals surface area contributed by atoms with Crippen LogP contribution in [0.3, 0.4) is 0 Å². The zero-order chi connectivity index (χ0) is 20.5. The second kappa shape index (κ2) is 7.88. The first kappa shape index (κ1) is 20.9. The lowest BCUT2D eigenvalue weighted by molar-refractivity contribution is -0.138. The third-order valence-corrected chi connectivity index (χ3v) is 6.26. The smallest absolute Gasteiger partial charge is 0.416 e. The molecule has 2 aromatic carbocycles. The highest BCUT2D eigenvalue weighted by Crippen LogP contribution is 2.45. The largest absolute Gasteiger partial charge is 0.457 e. The van der Waals surface area contributed by atoms with Gasteiger partial charge in [0.2, 0.25) is 0 Å². The van der Waals surface area contributed by atoms with Gasteiger partial charge in [-0.3, -0.25) is 0 Å². The number of aromatic nitrogens is 3. The molecule has 0 saturated heterocycles. The lowest BCUT2D eigenvalue weighted by Crippen LogP contribution is -2.40. The third-order valence-electron chi connectivity index (χ3n) is 4.03. The Morgan fingerprint density at radius 2 is 1.75 bits per heavy atom. The lowest BCUT2D eigenvalue weighted by atomic mass is 9.96. The molecule has 2 atom stereocenters. The Kier molecular flexibility index (Phi) is 5.87. The van der Waals surface area contributed by atoms with Crippen molar-refractivity contribution in [1.29, 1.82) is 0 Å². The Bertz CT molecular complexity index is 950. The van der Waals surface area contributed by atoms with Crippen LogP contribution in [0.2, 0.25) is 5.02 Å². The van der Waals surface area contributed by atoms with Crippen molar-refractivity contribution >= 4 is 34.2 Å². The molecular weight excluding hydrogens is 510 g/mol. The number of hydrogen-bond acceptors (Lipinski definition) is 4. The summed E-state index contributed by atoms with van der Waals surface area (Å²) in [6, 6.07) is 9.83. The Morgan fingerprint density at radius 3 is 2.29 bits per heavy atom. The van der Waals surface area contributed by atoms with Gasteiger partial charge >= 0.3 is 6.18 Å². The molecule has 0 aliphatic rings. The Labute approximate surface area is 177 Å². The Morgan fingerprint density at radius 1 is 1.11 bits per heavy atom. The second-order valence-corrected chi connectivity index (χ2v) is 8.03. The zero-order valence-electron chi connectivity index (χ0n) is 14.4. The van der Waals surface area contributed by atoms with Crippen molar-refractivity contribution in [1.82, 2.24) is 14.8 Å². The molecule has 0 saturated carbocycles. The maximum absolute atomic E-state index is 13.9. The summed E-state index contributed by atoms with van der Waals surface area (Å²) in [5, 5.41) is 14.7. The molecule has 5 nitrogen and oxygen atoms in total. The van der Waals surface area contributed by atoms with E-state index in [1.807, 2.05) is 0 Å². The van der Waals surface area contributed by atoms with E-state index in [0.29, 0.717) is 10.8 Å². The van der Waals surface area contributed by atoms with Crippen LogP contribution in [0.15, 0.2) is 55.1 Å². The van der Waals surface area contributed by atoms with Crippen LogP contribution in [0.1, 0.15) is 18.1 Å². The van der Waals surface area contributed by atoms with E-state index in [-0.39, 0.29) is 11.3 Å². The highest BCUT2D eigenvalue weighted by atomic mass is 127. The summed E-state index contributed by atoms with van der Waals surface area (Å²) in [4.78, 5) is 3.79. The van der Waals surface area contributed by atoms with Gasteiger partial charge in [-0.2, -0.15) is 18.3 Å². The minimum atomic E-state index is -4.68. The fourth-order valence-electron chi connectivity index (χ4n) is 2.68. The summed E-state index contributed by atoms with van der Waals surface area (Å²) in [5.41, 5.74) is -1.10. The molecule has 0 aliphatic heterocycles. The van der Waals surface area contributed by atoms with E-state index in [1.165, 1.54) is 36.4 Å². The molecule has 28 heavy (non-hydrogen) atoms. The highest BCUT2D eigenvalue weighted by molar-refractivity contribution is 14.1. The van der Waals surface area contributed by atoms with Crippen molar-refractivity contribution in [3.8, 4) is 11.5 Å². The second-order valence-electron chi connectivity index (χ2n) is 5.95. The van der Waals surface area contributed by atoms with E-state index in [1.54, 1.807) is 46.9 Å². The van der Waals surface area contributed by atoms with Gasteiger partial charge < -0.3 is 9.84 Å². The van der Waals surface area contributed by atoms with Gasteiger partial charge in [-0.15, -0.1) is 0 Å². The van der Waals surface area contributed by atoms with Crippen LogP contribution in [0, 0.1) is 0 Å². The molecule has 3 aromatic rings. The van der Waals surface area contributed by atoms with Crippen molar-refractivity contribution in [2.75, 3.05) is 0 Å². The number of hydrogen-bond donors (Lipinski definition) is 1. The maximum atomic E-state index is 13.9. The fourth-order valence-corrected chi connectivity index (χ4v) is 3.53. The van der Waals surface area contributed by atoms with Gasteiger partial charge in [-0.25, -0.2) is 9.67 Å². The van der Waals surface area contributed by atoms with Crippen molar-refractivity contribution in [2.24, 2.45) is 0 Å². The monoisotopic (exact) mass is 523 g/mol. The number of nitrogens with zero attached hydrogens (tertiary/aromatic N) is 3. The first-order chi connectivity index (χ1) is 13.1. The molecule has 148 valence electrons. The molecule has 0 radical (unpaired) electrons. The molecule has 10 heteroatoms. The van der Waals surface area contributed by atoms with Gasteiger partial charge in [0.15, 0.2) is 3.55 Å². The number of aliphatic hydroxyl groups is 1. The van der Waals surface area contributed by atoms with Gasteiger partial charge in [-0.05, 0) is 65.9 Å². The van der Waals surface area contributed by atoms with Crippen molar-refractivity contribution in [3.05, 3.63) is 71.3 Å². The van der Waals surface area contributed by atoms with Crippen molar-refractivity contribution in [3.63, 3.8) is 0 Å². The third kappa shape index (κ3) is 4.11. The number of benzene rings is 2. The normalized spacial score (nSPS) is 15.1. The zero-order valence-corrected chi connectivity index (χ0v) is 17.3. The molecule has 1 heterocycles. The number of halogens is 5. The van der Waals surface area contributed by atoms with Crippen LogP contribution in [-0.4, -0.2) is 26.0 Å². The van der Waals surface area contributed by atoms with E-state index in [0.717, 1.165) is 6.07 Å². The summed E-state index contributed by atoms with van der Waals surface area (Å²) < 4.78 is 46.8. The lowest BCUT2D eigenvalue weighted by Gasteiger charge is -2.33. The van der Waals surface area contributed by atoms with Gasteiger partial charge in [0.25, 0.3) is 0 Å². The maximum Gasteiger partial charge on any atom is 0.416 e. The molecule has 3 rings (SSSR count). The highest BCUT2D eigenvalue weighted by Gasteiger charge is 2.45. The van der Waals surface area contributed by atoms with E-state index in [2.05, 4.69) is 10.1 Å². The first-order valence-electron chi connectivity index (χ1n) is 7.99. The molecule has 0 fully saturated rings. The first-order valence-corrected chi connectivity index (χ1v) is 9.45. The fraction of sp³-hybridized carbons (Fsp3) is 0.222. The van der Waals surface area contributed by atoms with Crippen molar-refractivity contribution in [2.45, 2.75) is 22.7 Å². The minimum Gasteiger partial charge on any atom is -0.457 e. The summed E-state index contributed by atoms with van der Waals surface area (Å²) in [5.74, 6) is 0.346. The predicted octanol–water partition coefficient (Wildman–Crippen LogP) is 5.26. The molecule has 2 unspecified atom stereocenters. The molecular formula is C18H14ClF3IN3O2. The number of rotatable bonds is 5. The SMILES string of the molecule is CC(O)C(I)(c1ccc(Oc2ccc(Cl)cc2)cc1C(F)(F)F)n1cncn1. The summed E-state index contributed by atoms with van der Waals surface area (Å²) in [7, 11) is 0. The van der Waals surface area contributed by atoms with E-state index < -0.39 is 21.4 Å². The van der Waals surface area contributed by atoms with E-state index in [9.17, 15) is 18.3 Å². The van der Waals surface area contributed by atoms with Crippen LogP contribution >= 0.6 is 34.2 Å². The standard InChI is InChI=1S/C18H14ClF3IN3O2/c1-11(27)17(23,26-10-24-9-25-26)15-7-6-14(8-16(15)18(20,21)22)28-13-4-2-12(19)3-5-13/h2-11,27H,1H3. The van der Waals surface area contributed by atoms with E-state index in [4.69, 9.17) is 16.3 Å². The average Bonchev–Trinajstić information content (AvgIpc) is 3.17. The molecule has 1 N–H and O–H groups in total. The molecule has 0 spiro atoms. The van der Waals surface area contributed by atoms with Gasteiger partial charge in [0.1, 0.15) is 24.2 Å². The van der Waals surface area contributed by atoms with Gasteiger partial charge in [-0.1, -0.05) is 17.7 Å². The van der Waals surface area contributed by atoms with Gasteiger partial charge in [0, 0.05) is 10.6 Å². The number of alkyl halides is 4. The number of aliphatic hydroxyl groups excluding tert-OH is 1. The van der Waals surface area contributed by atoms with Crippen LogP contribution in [0.5, 0.6) is 11.5 Å². The molecule has 0 bridgehead atoms. The summed E-state index contributed by atoms with van der Waals surface area (Å²) in [6.45, 7) is 1.40. The van der Waals surface area contributed by atoms with Crippen LogP contribution < -0.4 is 4.74 Å². The quantitative estimate of drug-likeness (QED) is 0.366. The topological polar surface area (TPSA) is 60.2 Å². The van der Waals surface area contributed by atoms with Gasteiger partial charge in [0.05, 0.1) is 11.7 Å². The molecule has 1 aromatic heterocycles. The average molecular weight is 524 g/mol. The van der Waals surface area contributed by atoms with Crippen molar-refractivity contribution < 1.29 is 23.0 Å². The molecule has 0 aliphatic carbocycles. The Hall–Kier alpha value is -1.85. The number of ether oxygens (including phenoxy) is 1.